The first-order valence-corrected chi connectivity index (χ1v) is 6.26. The molecule has 7 nitrogen and oxygen atoms in total. The van der Waals surface area contributed by atoms with Crippen molar-refractivity contribution in [3.63, 3.8) is 0 Å². The van der Waals surface area contributed by atoms with E-state index in [4.69, 9.17) is 15.3 Å². The number of nitrogens with zero attached hydrogens (tertiary/aromatic N) is 1. The van der Waals surface area contributed by atoms with E-state index in [0.717, 1.165) is 12.0 Å². The summed E-state index contributed by atoms with van der Waals surface area (Å²) in [6.07, 6.45) is 0.762. The third-order valence-electron chi connectivity index (χ3n) is 3.08. The van der Waals surface area contributed by atoms with Crippen molar-refractivity contribution in [3.05, 3.63) is 33.9 Å². The summed E-state index contributed by atoms with van der Waals surface area (Å²) in [4.78, 5) is 10.3. The number of hydrogen-bond donors (Lipinski definition) is 2. The second-order valence-corrected chi connectivity index (χ2v) is 5.02. The van der Waals surface area contributed by atoms with Crippen LogP contribution in [-0.4, -0.2) is 24.2 Å². The average Bonchev–Trinajstić information content (AvgIpc) is 2.43. The van der Waals surface area contributed by atoms with E-state index < -0.39 is 4.92 Å². The molecular weight excluding hydrogens is 262 g/mol. The highest BCUT2D eigenvalue weighted by Crippen LogP contribution is 2.24. The molecular formula is C13H21N3O4. The van der Waals surface area contributed by atoms with E-state index in [1.807, 2.05) is 13.8 Å². The standard InChI is InChI=1S/C13H21N3O4/c1-13(2,19-3)6-7-20-9-10-4-5-12(16(17)18)11(8-10)15-14/h4-5,8,15H,6-7,9,14H2,1-3H3. The molecule has 0 heterocycles. The molecule has 1 rings (SSSR count). The van der Waals surface area contributed by atoms with Crippen LogP contribution in [0, 0.1) is 10.1 Å². The number of nitrogens with one attached hydrogen (secondary N) is 1. The zero-order valence-electron chi connectivity index (χ0n) is 12.0. The van der Waals surface area contributed by atoms with Gasteiger partial charge in [0.2, 0.25) is 0 Å². The molecule has 0 saturated carbocycles. The molecule has 3 N–H and O–H groups in total. The number of methoxy groups -OCH3 is 1. The molecule has 20 heavy (non-hydrogen) atoms. The second-order valence-electron chi connectivity index (χ2n) is 5.02. The van der Waals surface area contributed by atoms with Crippen LogP contribution in [-0.2, 0) is 16.1 Å². The van der Waals surface area contributed by atoms with Gasteiger partial charge in [0.1, 0.15) is 5.69 Å². The van der Waals surface area contributed by atoms with Gasteiger partial charge in [0.05, 0.1) is 17.1 Å². The van der Waals surface area contributed by atoms with Crippen LogP contribution in [0.1, 0.15) is 25.8 Å². The number of hydrazine groups is 1. The molecule has 1 aromatic carbocycles. The highest BCUT2D eigenvalue weighted by atomic mass is 16.6. The lowest BCUT2D eigenvalue weighted by Crippen LogP contribution is -2.24. The summed E-state index contributed by atoms with van der Waals surface area (Å²) in [5.74, 6) is 5.28. The zero-order chi connectivity index (χ0) is 15.2. The predicted molar refractivity (Wildman–Crippen MR) is 76.3 cm³/mol. The van der Waals surface area contributed by atoms with Crippen LogP contribution in [0.4, 0.5) is 11.4 Å². The molecule has 0 aliphatic heterocycles. The number of benzene rings is 1. The van der Waals surface area contributed by atoms with Crippen LogP contribution >= 0.6 is 0 Å². The SMILES string of the molecule is COC(C)(C)CCOCc1ccc([N+](=O)[O-])c(NN)c1. The number of hydrogen-bond acceptors (Lipinski definition) is 6. The molecule has 0 spiro atoms. The van der Waals surface area contributed by atoms with Gasteiger partial charge in [0.15, 0.2) is 0 Å². The van der Waals surface area contributed by atoms with E-state index in [-0.39, 0.29) is 17.0 Å². The number of rotatable bonds is 8. The third-order valence-corrected chi connectivity index (χ3v) is 3.08. The minimum atomic E-state index is -0.485. The average molecular weight is 283 g/mol. The maximum atomic E-state index is 10.8. The first kappa shape index (κ1) is 16.4. The molecule has 0 unspecified atom stereocenters. The zero-order valence-corrected chi connectivity index (χ0v) is 12.0. The molecule has 1 aromatic rings. The van der Waals surface area contributed by atoms with Gasteiger partial charge in [0, 0.05) is 19.8 Å². The van der Waals surface area contributed by atoms with Crippen LogP contribution in [0.2, 0.25) is 0 Å². The largest absolute Gasteiger partial charge is 0.379 e. The van der Waals surface area contributed by atoms with Crippen LogP contribution in [0.25, 0.3) is 0 Å². The van der Waals surface area contributed by atoms with E-state index >= 15 is 0 Å². The van der Waals surface area contributed by atoms with Crippen molar-refractivity contribution in [1.82, 2.24) is 0 Å². The lowest BCUT2D eigenvalue weighted by atomic mass is 10.1. The third kappa shape index (κ3) is 4.76. The summed E-state index contributed by atoms with van der Waals surface area (Å²) in [5, 5.41) is 10.8. The number of nitro benzene ring substituents is 1. The fourth-order valence-corrected chi connectivity index (χ4v) is 1.56. The fraction of sp³-hybridized carbons (Fsp3) is 0.538. The Hall–Kier alpha value is -1.70. The highest BCUT2D eigenvalue weighted by molar-refractivity contribution is 5.61. The topological polar surface area (TPSA) is 99.6 Å². The molecule has 0 fully saturated rings. The van der Waals surface area contributed by atoms with E-state index in [1.54, 1.807) is 19.2 Å². The number of nitro groups is 1. The van der Waals surface area contributed by atoms with E-state index in [9.17, 15) is 10.1 Å². The molecule has 0 saturated heterocycles. The molecule has 0 aliphatic rings. The lowest BCUT2D eigenvalue weighted by molar-refractivity contribution is -0.384. The first-order valence-electron chi connectivity index (χ1n) is 6.26. The van der Waals surface area contributed by atoms with Crippen molar-refractivity contribution in [1.29, 1.82) is 0 Å². The number of nitrogens with two attached hydrogens (primary N) is 1. The number of anilines is 1. The van der Waals surface area contributed by atoms with Gasteiger partial charge in [-0.2, -0.15) is 0 Å². The molecule has 7 heteroatoms. The molecule has 0 aromatic heterocycles. The molecule has 0 atom stereocenters. The minimum Gasteiger partial charge on any atom is -0.379 e. The van der Waals surface area contributed by atoms with Gasteiger partial charge in [-0.1, -0.05) is 0 Å². The Morgan fingerprint density at radius 3 is 2.70 bits per heavy atom. The monoisotopic (exact) mass is 283 g/mol. The van der Waals surface area contributed by atoms with E-state index in [2.05, 4.69) is 5.43 Å². The summed E-state index contributed by atoms with van der Waals surface area (Å²) in [6, 6.07) is 4.67. The van der Waals surface area contributed by atoms with Gasteiger partial charge in [-0.05, 0) is 38.0 Å². The Kier molecular flexibility index (Phi) is 5.87. The normalized spacial score (nSPS) is 11.4. The lowest BCUT2D eigenvalue weighted by Gasteiger charge is -2.22. The number of ether oxygens (including phenoxy) is 2. The molecule has 0 radical (unpaired) electrons. The Labute approximate surface area is 118 Å². The van der Waals surface area contributed by atoms with Gasteiger partial charge in [-0.25, -0.2) is 0 Å². The second kappa shape index (κ2) is 7.18. The Morgan fingerprint density at radius 2 is 2.15 bits per heavy atom. The maximum Gasteiger partial charge on any atom is 0.293 e. The smallest absolute Gasteiger partial charge is 0.293 e. The maximum absolute atomic E-state index is 10.8. The summed E-state index contributed by atoms with van der Waals surface area (Å²) in [6.45, 7) is 4.88. The first-order chi connectivity index (χ1) is 9.39. The van der Waals surface area contributed by atoms with E-state index in [0.29, 0.717) is 13.2 Å². The van der Waals surface area contributed by atoms with Gasteiger partial charge >= 0.3 is 0 Å². The van der Waals surface area contributed by atoms with Crippen LogP contribution in [0.5, 0.6) is 0 Å². The Bertz CT molecular complexity index is 463. The van der Waals surface area contributed by atoms with Crippen molar-refractivity contribution in [3.8, 4) is 0 Å². The van der Waals surface area contributed by atoms with Gasteiger partial charge in [-0.15, -0.1) is 0 Å². The van der Waals surface area contributed by atoms with Crippen molar-refractivity contribution < 1.29 is 14.4 Å². The van der Waals surface area contributed by atoms with Crippen LogP contribution in [0.3, 0.4) is 0 Å². The highest BCUT2D eigenvalue weighted by Gasteiger charge is 2.16. The summed E-state index contributed by atoms with van der Waals surface area (Å²) in [7, 11) is 1.66. The number of nitrogen functional groups attached to an aromatic ring is 1. The van der Waals surface area contributed by atoms with E-state index in [1.165, 1.54) is 6.07 Å². The fourth-order valence-electron chi connectivity index (χ4n) is 1.56. The van der Waals surface area contributed by atoms with Crippen LogP contribution < -0.4 is 11.3 Å². The van der Waals surface area contributed by atoms with Gasteiger partial charge in [0.25, 0.3) is 5.69 Å². The van der Waals surface area contributed by atoms with Crippen molar-refractivity contribution >= 4 is 11.4 Å². The molecule has 0 amide bonds. The summed E-state index contributed by atoms with van der Waals surface area (Å²) in [5.41, 5.74) is 3.13. The molecule has 112 valence electrons. The summed E-state index contributed by atoms with van der Waals surface area (Å²) < 4.78 is 10.8. The van der Waals surface area contributed by atoms with Crippen molar-refractivity contribution in [2.24, 2.45) is 5.84 Å². The Morgan fingerprint density at radius 1 is 1.45 bits per heavy atom. The van der Waals surface area contributed by atoms with Gasteiger partial charge < -0.3 is 14.9 Å². The van der Waals surface area contributed by atoms with Gasteiger partial charge in [-0.3, -0.25) is 16.0 Å². The van der Waals surface area contributed by atoms with Crippen molar-refractivity contribution in [2.75, 3.05) is 19.1 Å². The Balaban J connectivity index is 2.55. The predicted octanol–water partition coefficient (Wildman–Crippen LogP) is 2.21. The van der Waals surface area contributed by atoms with Crippen LogP contribution in [0.15, 0.2) is 18.2 Å². The van der Waals surface area contributed by atoms with Crippen molar-refractivity contribution in [2.45, 2.75) is 32.5 Å². The quantitative estimate of drug-likeness (QED) is 0.328. The summed E-state index contributed by atoms with van der Waals surface area (Å²) >= 11 is 0. The minimum absolute atomic E-state index is 0.0585. The molecule has 0 aliphatic carbocycles. The molecule has 0 bridgehead atoms.